The van der Waals surface area contributed by atoms with Gasteiger partial charge in [-0.2, -0.15) is 0 Å². The molecule has 1 nitrogen and oxygen atoms in total. The summed E-state index contributed by atoms with van der Waals surface area (Å²) in [6.07, 6.45) is 1.23. The van der Waals surface area contributed by atoms with Gasteiger partial charge >= 0.3 is 0 Å². The fourth-order valence-electron chi connectivity index (χ4n) is 3.38. The predicted molar refractivity (Wildman–Crippen MR) is 86.6 cm³/mol. The van der Waals surface area contributed by atoms with E-state index in [4.69, 9.17) is 0 Å². The van der Waals surface area contributed by atoms with Gasteiger partial charge in [0.15, 0.2) is 0 Å². The van der Waals surface area contributed by atoms with Crippen LogP contribution in [0.5, 0.6) is 0 Å². The molecule has 4 rings (SSSR count). The molecule has 0 saturated heterocycles. The lowest BCUT2D eigenvalue weighted by Crippen LogP contribution is -2.18. The van der Waals surface area contributed by atoms with Crippen molar-refractivity contribution in [3.05, 3.63) is 58.7 Å². The molecule has 2 aromatic rings. The smallest absolute Gasteiger partial charge is 0.0521 e. The van der Waals surface area contributed by atoms with Gasteiger partial charge < -0.3 is 4.90 Å². The Morgan fingerprint density at radius 2 is 1.95 bits per heavy atom. The van der Waals surface area contributed by atoms with Gasteiger partial charge in [0.2, 0.25) is 0 Å². The van der Waals surface area contributed by atoms with Gasteiger partial charge in [-0.3, -0.25) is 0 Å². The van der Waals surface area contributed by atoms with E-state index in [2.05, 4.69) is 55.1 Å². The lowest BCUT2D eigenvalue weighted by Gasteiger charge is -2.25. The zero-order valence-electron chi connectivity index (χ0n) is 12.0. The van der Waals surface area contributed by atoms with Crippen LogP contribution in [-0.4, -0.2) is 5.75 Å². The normalized spacial score (nSPS) is 20.1. The minimum atomic E-state index is 0.481. The Labute approximate surface area is 125 Å². The summed E-state index contributed by atoms with van der Waals surface area (Å²) >= 11 is 2.00. The Morgan fingerprint density at radius 1 is 1.10 bits per heavy atom. The van der Waals surface area contributed by atoms with Crippen LogP contribution in [0.2, 0.25) is 0 Å². The van der Waals surface area contributed by atoms with Crippen LogP contribution in [-0.2, 0) is 13.0 Å². The molecule has 2 heterocycles. The van der Waals surface area contributed by atoms with Gasteiger partial charge in [-0.05, 0) is 49.1 Å². The fraction of sp³-hybridized carbons (Fsp3) is 0.333. The Hall–Kier alpha value is -1.41. The first-order valence-corrected chi connectivity index (χ1v) is 8.33. The van der Waals surface area contributed by atoms with Crippen molar-refractivity contribution >= 4 is 17.4 Å². The first-order valence-electron chi connectivity index (χ1n) is 7.34. The van der Waals surface area contributed by atoms with Crippen molar-refractivity contribution < 1.29 is 0 Å². The van der Waals surface area contributed by atoms with E-state index in [1.54, 1.807) is 0 Å². The number of nitrogens with zero attached hydrogens (tertiary/aromatic N) is 1. The number of hydrogen-bond donors (Lipinski definition) is 0. The SMILES string of the molecule is Cc1ccc2c(c1)C(C)N(c1ccc3c(c1)SCC3)C2. The summed E-state index contributed by atoms with van der Waals surface area (Å²) in [5, 5.41) is 0. The van der Waals surface area contributed by atoms with Gasteiger partial charge in [0.25, 0.3) is 0 Å². The quantitative estimate of drug-likeness (QED) is 0.744. The number of anilines is 1. The molecule has 0 aliphatic carbocycles. The molecule has 0 N–H and O–H groups in total. The first-order chi connectivity index (χ1) is 9.72. The average molecular weight is 281 g/mol. The molecule has 1 atom stereocenters. The summed E-state index contributed by atoms with van der Waals surface area (Å²) in [6.45, 7) is 5.55. The van der Waals surface area contributed by atoms with Gasteiger partial charge in [-0.25, -0.2) is 0 Å². The number of aryl methyl sites for hydroxylation is 2. The maximum absolute atomic E-state index is 2.53. The minimum absolute atomic E-state index is 0.481. The van der Waals surface area contributed by atoms with Crippen LogP contribution < -0.4 is 4.90 Å². The van der Waals surface area contributed by atoms with E-state index in [1.807, 2.05) is 11.8 Å². The number of benzene rings is 2. The molecule has 0 bridgehead atoms. The standard InChI is InChI=1S/C18H19NS/c1-12-3-4-15-11-19(13(2)17(15)9-12)16-6-5-14-7-8-20-18(14)10-16/h3-6,9-10,13H,7-8,11H2,1-2H3. The van der Waals surface area contributed by atoms with Gasteiger partial charge in [-0.1, -0.05) is 29.8 Å². The first kappa shape index (κ1) is 12.3. The molecular formula is C18H19NS. The van der Waals surface area contributed by atoms with E-state index in [9.17, 15) is 0 Å². The maximum atomic E-state index is 2.53. The van der Waals surface area contributed by atoms with E-state index in [1.165, 1.54) is 45.0 Å². The Bertz CT molecular complexity index is 677. The Kier molecular flexibility index (Phi) is 2.81. The molecule has 0 aromatic heterocycles. The molecule has 2 heteroatoms. The molecule has 0 fully saturated rings. The summed E-state index contributed by atoms with van der Waals surface area (Å²) in [4.78, 5) is 4.02. The number of fused-ring (bicyclic) bond motifs is 2. The number of rotatable bonds is 1. The number of thioether (sulfide) groups is 1. The van der Waals surface area contributed by atoms with E-state index >= 15 is 0 Å². The van der Waals surface area contributed by atoms with Crippen molar-refractivity contribution in [2.75, 3.05) is 10.7 Å². The molecule has 2 aliphatic rings. The summed E-state index contributed by atoms with van der Waals surface area (Å²) < 4.78 is 0. The molecule has 0 saturated carbocycles. The lowest BCUT2D eigenvalue weighted by atomic mass is 10.0. The van der Waals surface area contributed by atoms with Crippen LogP contribution in [0, 0.1) is 6.92 Å². The van der Waals surface area contributed by atoms with Crippen molar-refractivity contribution in [3.63, 3.8) is 0 Å². The zero-order valence-corrected chi connectivity index (χ0v) is 12.8. The highest BCUT2D eigenvalue weighted by atomic mass is 32.2. The third-order valence-corrected chi connectivity index (χ3v) is 5.67. The highest BCUT2D eigenvalue weighted by molar-refractivity contribution is 7.99. The second-order valence-electron chi connectivity index (χ2n) is 5.90. The predicted octanol–water partition coefficient (Wildman–Crippen LogP) is 4.72. The molecular weight excluding hydrogens is 262 g/mol. The summed E-state index contributed by atoms with van der Waals surface area (Å²) in [5.41, 5.74) is 7.25. The molecule has 20 heavy (non-hydrogen) atoms. The molecule has 0 amide bonds. The van der Waals surface area contributed by atoms with Crippen LogP contribution >= 0.6 is 11.8 Å². The van der Waals surface area contributed by atoms with Gasteiger partial charge in [-0.15, -0.1) is 11.8 Å². The zero-order chi connectivity index (χ0) is 13.7. The highest BCUT2D eigenvalue weighted by Gasteiger charge is 2.27. The van der Waals surface area contributed by atoms with Crippen molar-refractivity contribution in [1.29, 1.82) is 0 Å². The molecule has 2 aromatic carbocycles. The monoisotopic (exact) mass is 281 g/mol. The van der Waals surface area contributed by atoms with Crippen LogP contribution in [0.3, 0.4) is 0 Å². The highest BCUT2D eigenvalue weighted by Crippen LogP contribution is 2.40. The minimum Gasteiger partial charge on any atom is -0.360 e. The van der Waals surface area contributed by atoms with Crippen molar-refractivity contribution in [2.24, 2.45) is 0 Å². The maximum Gasteiger partial charge on any atom is 0.0521 e. The molecule has 0 spiro atoms. The van der Waals surface area contributed by atoms with Gasteiger partial charge in [0.1, 0.15) is 0 Å². The fourth-order valence-corrected chi connectivity index (χ4v) is 4.49. The van der Waals surface area contributed by atoms with Crippen molar-refractivity contribution in [2.45, 2.75) is 37.8 Å². The molecule has 2 aliphatic heterocycles. The average Bonchev–Trinajstić information content (AvgIpc) is 3.03. The van der Waals surface area contributed by atoms with Crippen LogP contribution in [0.4, 0.5) is 5.69 Å². The largest absolute Gasteiger partial charge is 0.360 e. The summed E-state index contributed by atoms with van der Waals surface area (Å²) in [7, 11) is 0. The van der Waals surface area contributed by atoms with Crippen LogP contribution in [0.25, 0.3) is 0 Å². The van der Waals surface area contributed by atoms with Crippen molar-refractivity contribution in [3.8, 4) is 0 Å². The second-order valence-corrected chi connectivity index (χ2v) is 7.03. The molecule has 1 unspecified atom stereocenters. The van der Waals surface area contributed by atoms with Crippen LogP contribution in [0.15, 0.2) is 41.3 Å². The Balaban J connectivity index is 1.71. The van der Waals surface area contributed by atoms with Crippen LogP contribution in [0.1, 0.15) is 35.2 Å². The third-order valence-electron chi connectivity index (χ3n) is 4.57. The van der Waals surface area contributed by atoms with E-state index in [0.717, 1.165) is 6.54 Å². The van der Waals surface area contributed by atoms with Crippen molar-refractivity contribution in [1.82, 2.24) is 0 Å². The van der Waals surface area contributed by atoms with E-state index in [0.29, 0.717) is 6.04 Å². The number of hydrogen-bond acceptors (Lipinski definition) is 2. The van der Waals surface area contributed by atoms with Gasteiger partial charge in [0, 0.05) is 22.9 Å². The lowest BCUT2D eigenvalue weighted by molar-refractivity contribution is 0.731. The molecule has 102 valence electrons. The van der Waals surface area contributed by atoms with Gasteiger partial charge in [0.05, 0.1) is 6.04 Å². The topological polar surface area (TPSA) is 3.24 Å². The Morgan fingerprint density at radius 3 is 2.85 bits per heavy atom. The van der Waals surface area contributed by atoms with E-state index < -0.39 is 0 Å². The third kappa shape index (κ3) is 1.86. The molecule has 0 radical (unpaired) electrons. The summed E-state index contributed by atoms with van der Waals surface area (Å²) in [6, 6.07) is 14.4. The second kappa shape index (κ2) is 4.56. The van der Waals surface area contributed by atoms with E-state index in [-0.39, 0.29) is 0 Å². The summed E-state index contributed by atoms with van der Waals surface area (Å²) in [5.74, 6) is 1.24.